The molecule has 0 fully saturated rings. The number of benzene rings is 2. The predicted octanol–water partition coefficient (Wildman–Crippen LogP) is 4.37. The Morgan fingerprint density at radius 3 is 2.53 bits per heavy atom. The number of hydrogen-bond acceptors (Lipinski definition) is 6. The first-order valence-corrected chi connectivity index (χ1v) is 11.1. The van der Waals surface area contributed by atoms with Crippen LogP contribution in [0.15, 0.2) is 42.5 Å². The van der Waals surface area contributed by atoms with E-state index in [1.54, 1.807) is 28.3 Å². The maximum Gasteiger partial charge on any atom is 0.339 e. The Kier molecular flexibility index (Phi) is 6.82. The lowest BCUT2D eigenvalue weighted by atomic mass is 9.86. The van der Waals surface area contributed by atoms with Gasteiger partial charge in [-0.1, -0.05) is 24.3 Å². The van der Waals surface area contributed by atoms with Gasteiger partial charge in [-0.3, -0.25) is 4.79 Å². The fourth-order valence-electron chi connectivity index (χ4n) is 4.18. The summed E-state index contributed by atoms with van der Waals surface area (Å²) in [6.45, 7) is -0.300. The van der Waals surface area contributed by atoms with E-state index < -0.39 is 5.97 Å². The molecule has 4 rings (SSSR count). The summed E-state index contributed by atoms with van der Waals surface area (Å²) in [5.41, 5.74) is 4.86. The molecule has 34 heavy (non-hydrogen) atoms. The predicted molar refractivity (Wildman–Crippen MR) is 131 cm³/mol. The second-order valence-electron chi connectivity index (χ2n) is 8.33. The first-order chi connectivity index (χ1) is 16.4. The smallest absolute Gasteiger partial charge is 0.339 e. The largest absolute Gasteiger partial charge is 0.493 e. The number of carbonyl (C=O) groups is 2. The summed E-state index contributed by atoms with van der Waals surface area (Å²) in [7, 11) is 6.47. The molecular formula is C27H28N2O5. The van der Waals surface area contributed by atoms with Gasteiger partial charge < -0.3 is 19.1 Å². The average Bonchev–Trinajstić information content (AvgIpc) is 2.85. The molecule has 0 saturated carbocycles. The molecule has 0 radical (unpaired) electrons. The van der Waals surface area contributed by atoms with Crippen molar-refractivity contribution in [2.24, 2.45) is 0 Å². The van der Waals surface area contributed by atoms with Crippen molar-refractivity contribution >= 4 is 34.4 Å². The molecule has 7 nitrogen and oxygen atoms in total. The van der Waals surface area contributed by atoms with Gasteiger partial charge in [0, 0.05) is 19.5 Å². The molecule has 1 aliphatic rings. The highest BCUT2D eigenvalue weighted by Gasteiger charge is 2.26. The van der Waals surface area contributed by atoms with Gasteiger partial charge in [0.1, 0.15) is 0 Å². The molecule has 3 aromatic rings. The normalized spacial score (nSPS) is 13.9. The number of nitrogens with zero attached hydrogens (tertiary/aromatic N) is 2. The summed E-state index contributed by atoms with van der Waals surface area (Å²) in [5, 5.41) is 0.732. The summed E-state index contributed by atoms with van der Waals surface area (Å²) >= 11 is 0. The van der Waals surface area contributed by atoms with Crippen LogP contribution in [0.2, 0.25) is 0 Å². The van der Waals surface area contributed by atoms with Crippen molar-refractivity contribution < 1.29 is 23.8 Å². The summed E-state index contributed by atoms with van der Waals surface area (Å²) in [6.07, 6.45) is 4.50. The van der Waals surface area contributed by atoms with Crippen molar-refractivity contribution in [2.45, 2.75) is 19.3 Å². The number of fused-ring (bicyclic) bond motifs is 2. The molecule has 1 aromatic heterocycles. The Hall–Kier alpha value is -3.87. The maximum absolute atomic E-state index is 13.2. The lowest BCUT2D eigenvalue weighted by Gasteiger charge is -2.22. The van der Waals surface area contributed by atoms with Crippen molar-refractivity contribution in [3.05, 3.63) is 64.8 Å². The molecule has 0 unspecified atom stereocenters. The van der Waals surface area contributed by atoms with Crippen LogP contribution in [0.5, 0.6) is 11.5 Å². The van der Waals surface area contributed by atoms with Crippen LogP contribution >= 0.6 is 0 Å². The average molecular weight is 461 g/mol. The number of carbonyl (C=O) groups excluding carboxylic acids is 2. The molecule has 176 valence electrons. The van der Waals surface area contributed by atoms with Crippen molar-refractivity contribution in [2.75, 3.05) is 34.9 Å². The van der Waals surface area contributed by atoms with Gasteiger partial charge >= 0.3 is 5.97 Å². The van der Waals surface area contributed by atoms with Crippen LogP contribution in [0.25, 0.3) is 22.6 Å². The fraction of sp³-hybridized carbons (Fsp3) is 0.296. The molecule has 1 amide bonds. The van der Waals surface area contributed by atoms with E-state index in [9.17, 15) is 9.59 Å². The van der Waals surface area contributed by atoms with Gasteiger partial charge in [-0.2, -0.15) is 0 Å². The number of likely N-dealkylation sites (N-methyl/N-ethyl adjacent to an activating group) is 1. The Morgan fingerprint density at radius 2 is 1.79 bits per heavy atom. The van der Waals surface area contributed by atoms with Crippen LogP contribution in [-0.4, -0.2) is 56.7 Å². The van der Waals surface area contributed by atoms with Gasteiger partial charge in [-0.25, -0.2) is 9.78 Å². The highest BCUT2D eigenvalue weighted by atomic mass is 16.5. The van der Waals surface area contributed by atoms with Crippen LogP contribution in [0.3, 0.4) is 0 Å². The van der Waals surface area contributed by atoms with Crippen LogP contribution in [0, 0.1) is 0 Å². The topological polar surface area (TPSA) is 78.0 Å². The zero-order valence-electron chi connectivity index (χ0n) is 19.9. The number of ether oxygens (including phenoxy) is 3. The maximum atomic E-state index is 13.2. The Bertz CT molecular complexity index is 1280. The zero-order chi connectivity index (χ0) is 24.2. The third-order valence-corrected chi connectivity index (χ3v) is 5.95. The molecule has 0 spiro atoms. The number of esters is 1. The highest BCUT2D eigenvalue weighted by molar-refractivity contribution is 6.07. The molecule has 1 heterocycles. The zero-order valence-corrected chi connectivity index (χ0v) is 19.9. The lowest BCUT2D eigenvalue weighted by molar-refractivity contribution is -0.131. The SMILES string of the molecule is COc1ccc(/C=C2/CCCc3c2nc2ccccc2c3C(=O)OCC(=O)N(C)C)cc1OC. The summed E-state index contributed by atoms with van der Waals surface area (Å²) < 4.78 is 16.2. The van der Waals surface area contributed by atoms with Crippen molar-refractivity contribution in [3.8, 4) is 11.5 Å². The van der Waals surface area contributed by atoms with Gasteiger partial charge in [-0.05, 0) is 60.2 Å². The summed E-state index contributed by atoms with van der Waals surface area (Å²) in [5.74, 6) is 0.538. The van der Waals surface area contributed by atoms with Gasteiger partial charge in [0.05, 0.1) is 31.0 Å². The van der Waals surface area contributed by atoms with E-state index in [0.717, 1.165) is 40.6 Å². The highest BCUT2D eigenvalue weighted by Crippen LogP contribution is 2.37. The molecule has 0 bridgehead atoms. The van der Waals surface area contributed by atoms with E-state index in [1.165, 1.54) is 4.90 Å². The summed E-state index contributed by atoms with van der Waals surface area (Å²) in [6, 6.07) is 13.3. The number of rotatable bonds is 6. The first kappa shape index (κ1) is 23.3. The van der Waals surface area contributed by atoms with Crippen molar-refractivity contribution in [3.63, 3.8) is 0 Å². The molecule has 1 aliphatic carbocycles. The minimum atomic E-state index is -0.502. The molecule has 7 heteroatoms. The summed E-state index contributed by atoms with van der Waals surface area (Å²) in [4.78, 5) is 31.5. The standard InChI is InChI=1S/C27H28N2O5/c1-29(2)24(30)16-34-27(31)25-19-9-5-6-11-21(19)28-26-18(8-7-10-20(25)26)14-17-12-13-22(32-3)23(15-17)33-4/h5-6,9,11-15H,7-8,10,16H2,1-4H3/b18-14-. The van der Waals surface area contributed by atoms with Crippen LogP contribution in [0.4, 0.5) is 0 Å². The Labute approximate surface area is 198 Å². The van der Waals surface area contributed by atoms with Crippen LogP contribution in [0.1, 0.15) is 40.0 Å². The van der Waals surface area contributed by atoms with Crippen LogP contribution in [-0.2, 0) is 16.0 Å². The molecule has 0 N–H and O–H groups in total. The molecule has 0 aliphatic heterocycles. The number of amides is 1. The number of aromatic nitrogens is 1. The first-order valence-electron chi connectivity index (χ1n) is 11.1. The third-order valence-electron chi connectivity index (χ3n) is 5.95. The number of para-hydroxylation sites is 1. The molecule has 0 saturated heterocycles. The number of allylic oxidation sites excluding steroid dienone is 1. The number of pyridine rings is 1. The van der Waals surface area contributed by atoms with E-state index in [4.69, 9.17) is 19.2 Å². The van der Waals surface area contributed by atoms with Crippen LogP contribution < -0.4 is 9.47 Å². The van der Waals surface area contributed by atoms with E-state index in [1.807, 2.05) is 42.5 Å². The van der Waals surface area contributed by atoms with Gasteiger partial charge in [0.2, 0.25) is 0 Å². The fourth-order valence-corrected chi connectivity index (χ4v) is 4.18. The lowest BCUT2D eigenvalue weighted by Crippen LogP contribution is -2.28. The second kappa shape index (κ2) is 9.95. The number of hydrogen-bond donors (Lipinski definition) is 0. The van der Waals surface area contributed by atoms with Gasteiger partial charge in [-0.15, -0.1) is 0 Å². The minimum Gasteiger partial charge on any atom is -0.493 e. The Balaban J connectivity index is 1.80. The van der Waals surface area contributed by atoms with Crippen molar-refractivity contribution in [1.29, 1.82) is 0 Å². The Morgan fingerprint density at radius 1 is 1.03 bits per heavy atom. The van der Waals surface area contributed by atoms with Crippen molar-refractivity contribution in [1.82, 2.24) is 9.88 Å². The monoisotopic (exact) mass is 460 g/mol. The van der Waals surface area contributed by atoms with E-state index in [2.05, 4.69) is 6.08 Å². The van der Waals surface area contributed by atoms with E-state index in [-0.39, 0.29) is 12.5 Å². The van der Waals surface area contributed by atoms with Gasteiger partial charge in [0.15, 0.2) is 18.1 Å². The second-order valence-corrected chi connectivity index (χ2v) is 8.33. The molecule has 2 aromatic carbocycles. The number of methoxy groups -OCH3 is 2. The van der Waals surface area contributed by atoms with Gasteiger partial charge in [0.25, 0.3) is 5.91 Å². The quantitative estimate of drug-likeness (QED) is 0.508. The molecular weight excluding hydrogens is 432 g/mol. The minimum absolute atomic E-state index is 0.269. The molecule has 0 atom stereocenters. The van der Waals surface area contributed by atoms with E-state index >= 15 is 0 Å². The third kappa shape index (κ3) is 4.59. The van der Waals surface area contributed by atoms with E-state index in [0.29, 0.717) is 29.0 Å².